The molecule has 1 aromatic heterocycles. The molecule has 2 aromatic carbocycles. The molecule has 0 bridgehead atoms. The third-order valence-electron chi connectivity index (χ3n) is 4.60. The lowest BCUT2D eigenvalue weighted by molar-refractivity contribution is -0.122. The number of benzene rings is 2. The number of nitrogens with one attached hydrogen (secondary N) is 1. The molecule has 0 unspecified atom stereocenters. The van der Waals surface area contributed by atoms with Crippen molar-refractivity contribution in [2.24, 2.45) is 0 Å². The van der Waals surface area contributed by atoms with E-state index in [9.17, 15) is 4.79 Å². The van der Waals surface area contributed by atoms with E-state index in [1.807, 2.05) is 24.3 Å². The van der Waals surface area contributed by atoms with Gasteiger partial charge in [-0.2, -0.15) is 5.10 Å². The smallest absolute Gasteiger partial charge is 0.242 e. The van der Waals surface area contributed by atoms with Gasteiger partial charge < -0.3 is 5.32 Å². The van der Waals surface area contributed by atoms with Crippen LogP contribution < -0.4 is 5.32 Å². The van der Waals surface area contributed by atoms with E-state index in [1.165, 1.54) is 11.1 Å². The van der Waals surface area contributed by atoms with Crippen molar-refractivity contribution in [3.63, 3.8) is 0 Å². The van der Waals surface area contributed by atoms with Crippen LogP contribution >= 0.6 is 11.6 Å². The van der Waals surface area contributed by atoms with Crippen LogP contribution in [-0.4, -0.2) is 15.7 Å². The van der Waals surface area contributed by atoms with Crippen LogP contribution in [0, 0.1) is 0 Å². The van der Waals surface area contributed by atoms with Gasteiger partial charge in [0.1, 0.15) is 6.54 Å². The van der Waals surface area contributed by atoms with Gasteiger partial charge in [-0.3, -0.25) is 9.48 Å². The maximum Gasteiger partial charge on any atom is 0.242 e. The van der Waals surface area contributed by atoms with Crippen LogP contribution in [0.5, 0.6) is 0 Å². The molecule has 0 saturated heterocycles. The van der Waals surface area contributed by atoms with Gasteiger partial charge in [0, 0.05) is 10.4 Å². The number of aryl methyl sites for hydroxylation is 1. The Labute approximate surface area is 145 Å². The van der Waals surface area contributed by atoms with Gasteiger partial charge in [0.05, 0.1) is 17.8 Å². The van der Waals surface area contributed by atoms with Gasteiger partial charge in [0.25, 0.3) is 0 Å². The first-order chi connectivity index (χ1) is 11.7. The molecule has 4 nitrogen and oxygen atoms in total. The first-order valence-electron chi connectivity index (χ1n) is 8.19. The number of carbonyl (C=O) groups excluding carboxylic acids is 1. The molecule has 0 spiro atoms. The molecule has 1 heterocycles. The normalized spacial score (nSPS) is 16.8. The summed E-state index contributed by atoms with van der Waals surface area (Å²) in [5, 5.41) is 9.10. The van der Waals surface area contributed by atoms with Crippen LogP contribution in [0.25, 0.3) is 10.9 Å². The van der Waals surface area contributed by atoms with Crippen molar-refractivity contribution in [3.05, 3.63) is 64.8 Å². The molecule has 0 saturated carbocycles. The predicted molar refractivity (Wildman–Crippen MR) is 95.0 cm³/mol. The molecule has 5 heteroatoms. The maximum atomic E-state index is 12.5. The first-order valence-corrected chi connectivity index (χ1v) is 8.57. The van der Waals surface area contributed by atoms with Gasteiger partial charge in [-0.1, -0.05) is 35.9 Å². The van der Waals surface area contributed by atoms with E-state index in [-0.39, 0.29) is 18.5 Å². The molecule has 0 fully saturated rings. The SMILES string of the molecule is O=C(Cn1ncc2ccc(Cl)cc21)N[C@@H]1CCCc2ccccc21. The number of carbonyl (C=O) groups is 1. The largest absolute Gasteiger partial charge is 0.348 e. The molecule has 0 radical (unpaired) electrons. The number of halogens is 1. The second-order valence-corrected chi connectivity index (χ2v) is 6.65. The van der Waals surface area contributed by atoms with Crippen LogP contribution in [-0.2, 0) is 17.8 Å². The van der Waals surface area contributed by atoms with Gasteiger partial charge >= 0.3 is 0 Å². The first kappa shape index (κ1) is 15.2. The summed E-state index contributed by atoms with van der Waals surface area (Å²) in [7, 11) is 0. The Bertz CT molecular complexity index is 903. The molecule has 1 N–H and O–H groups in total. The summed E-state index contributed by atoms with van der Waals surface area (Å²) in [4.78, 5) is 12.5. The molecule has 1 atom stereocenters. The van der Waals surface area contributed by atoms with Gasteiger partial charge in [-0.15, -0.1) is 0 Å². The van der Waals surface area contributed by atoms with Crippen LogP contribution in [0.3, 0.4) is 0 Å². The van der Waals surface area contributed by atoms with E-state index in [2.05, 4.69) is 28.6 Å². The Morgan fingerprint density at radius 2 is 2.17 bits per heavy atom. The minimum absolute atomic E-state index is 0.0262. The Morgan fingerprint density at radius 3 is 3.08 bits per heavy atom. The molecule has 1 aliphatic carbocycles. The highest BCUT2D eigenvalue weighted by Crippen LogP contribution is 2.29. The minimum Gasteiger partial charge on any atom is -0.348 e. The number of hydrogen-bond donors (Lipinski definition) is 1. The summed E-state index contributed by atoms with van der Waals surface area (Å²) in [5.41, 5.74) is 3.46. The molecule has 24 heavy (non-hydrogen) atoms. The van der Waals surface area contributed by atoms with Crippen molar-refractivity contribution in [2.45, 2.75) is 31.8 Å². The average molecular weight is 340 g/mol. The molecular weight excluding hydrogens is 322 g/mol. The Hall–Kier alpha value is -2.33. The fraction of sp³-hybridized carbons (Fsp3) is 0.263. The molecule has 1 aliphatic rings. The number of nitrogens with zero attached hydrogens (tertiary/aromatic N) is 2. The van der Waals surface area contributed by atoms with Crippen molar-refractivity contribution in [3.8, 4) is 0 Å². The lowest BCUT2D eigenvalue weighted by Crippen LogP contribution is -2.33. The van der Waals surface area contributed by atoms with Gasteiger partial charge in [-0.25, -0.2) is 0 Å². The summed E-state index contributed by atoms with van der Waals surface area (Å²) in [6.45, 7) is 0.197. The Morgan fingerprint density at radius 1 is 1.29 bits per heavy atom. The highest BCUT2D eigenvalue weighted by atomic mass is 35.5. The number of amides is 1. The molecule has 1 amide bonds. The second kappa shape index (κ2) is 6.29. The van der Waals surface area contributed by atoms with Crippen molar-refractivity contribution in [1.82, 2.24) is 15.1 Å². The predicted octanol–water partition coefficient (Wildman–Crippen LogP) is 3.88. The van der Waals surface area contributed by atoms with Gasteiger partial charge in [0.15, 0.2) is 0 Å². The van der Waals surface area contributed by atoms with E-state index in [0.29, 0.717) is 5.02 Å². The monoisotopic (exact) mass is 339 g/mol. The summed E-state index contributed by atoms with van der Waals surface area (Å²) in [6.07, 6.45) is 4.93. The third kappa shape index (κ3) is 2.89. The van der Waals surface area contributed by atoms with Crippen LogP contribution in [0.2, 0.25) is 5.02 Å². The molecular formula is C19H18ClN3O. The quantitative estimate of drug-likeness (QED) is 0.787. The van der Waals surface area contributed by atoms with E-state index < -0.39 is 0 Å². The fourth-order valence-corrected chi connectivity index (χ4v) is 3.62. The zero-order valence-electron chi connectivity index (χ0n) is 13.2. The van der Waals surface area contributed by atoms with Gasteiger partial charge in [0.2, 0.25) is 5.91 Å². The topological polar surface area (TPSA) is 46.9 Å². The zero-order chi connectivity index (χ0) is 16.5. The summed E-state index contributed by atoms with van der Waals surface area (Å²) < 4.78 is 1.70. The Balaban J connectivity index is 1.52. The number of fused-ring (bicyclic) bond motifs is 2. The van der Waals surface area contributed by atoms with E-state index >= 15 is 0 Å². The Kier molecular flexibility index (Phi) is 3.98. The van der Waals surface area contributed by atoms with Crippen LogP contribution in [0.1, 0.15) is 30.0 Å². The highest BCUT2D eigenvalue weighted by Gasteiger charge is 2.21. The van der Waals surface area contributed by atoms with Crippen LogP contribution in [0.15, 0.2) is 48.7 Å². The van der Waals surface area contributed by atoms with Crippen molar-refractivity contribution in [2.75, 3.05) is 0 Å². The molecule has 122 valence electrons. The van der Waals surface area contributed by atoms with Gasteiger partial charge in [-0.05, 0) is 48.6 Å². The van der Waals surface area contributed by atoms with Crippen LogP contribution in [0.4, 0.5) is 0 Å². The molecule has 4 rings (SSSR count). The molecule has 3 aromatic rings. The standard InChI is InChI=1S/C19H18ClN3O/c20-15-9-8-14-11-21-23(18(14)10-15)12-19(24)22-17-7-3-5-13-4-1-2-6-16(13)17/h1-2,4,6,8-11,17H,3,5,7,12H2,(H,22,24)/t17-/m1/s1. The lowest BCUT2D eigenvalue weighted by atomic mass is 9.88. The summed E-state index contributed by atoms with van der Waals surface area (Å²) in [6, 6.07) is 14.0. The minimum atomic E-state index is -0.0262. The van der Waals surface area contributed by atoms with E-state index in [1.54, 1.807) is 10.9 Å². The second-order valence-electron chi connectivity index (χ2n) is 6.22. The van der Waals surface area contributed by atoms with Crippen molar-refractivity contribution < 1.29 is 4.79 Å². The lowest BCUT2D eigenvalue weighted by Gasteiger charge is -2.26. The summed E-state index contributed by atoms with van der Waals surface area (Å²) >= 11 is 6.05. The number of aromatic nitrogens is 2. The molecule has 0 aliphatic heterocycles. The maximum absolute atomic E-state index is 12.5. The number of hydrogen-bond acceptors (Lipinski definition) is 2. The fourth-order valence-electron chi connectivity index (χ4n) is 3.45. The van der Waals surface area contributed by atoms with Crippen molar-refractivity contribution in [1.29, 1.82) is 0 Å². The third-order valence-corrected chi connectivity index (χ3v) is 4.84. The van der Waals surface area contributed by atoms with E-state index in [0.717, 1.165) is 30.2 Å². The number of rotatable bonds is 3. The average Bonchev–Trinajstić information content (AvgIpc) is 2.97. The zero-order valence-corrected chi connectivity index (χ0v) is 14.0. The summed E-state index contributed by atoms with van der Waals surface area (Å²) in [5.74, 6) is -0.0262. The highest BCUT2D eigenvalue weighted by molar-refractivity contribution is 6.31. The van der Waals surface area contributed by atoms with Crippen molar-refractivity contribution >= 4 is 28.4 Å². The van der Waals surface area contributed by atoms with E-state index in [4.69, 9.17) is 11.6 Å².